The summed E-state index contributed by atoms with van der Waals surface area (Å²) in [6.45, 7) is 22.7. The Bertz CT molecular complexity index is 2770. The molecular formula is C54H66ClN9O8. The van der Waals surface area contributed by atoms with Gasteiger partial charge < -0.3 is 42.6 Å². The number of rotatable bonds is 5. The highest BCUT2D eigenvalue weighted by atomic mass is 35.5. The smallest absolute Gasteiger partial charge is 0.410 e. The normalized spacial score (nSPS) is 14.0. The van der Waals surface area contributed by atoms with Crippen molar-refractivity contribution in [3.05, 3.63) is 161 Å². The molecule has 0 aliphatic carbocycles. The van der Waals surface area contributed by atoms with Crippen LogP contribution in [0.2, 0.25) is 0 Å². The fraction of sp³-hybridized carbons (Fsp3) is 0.407. The van der Waals surface area contributed by atoms with E-state index in [2.05, 4.69) is 36.2 Å². The van der Waals surface area contributed by atoms with E-state index < -0.39 is 22.0 Å². The molecule has 0 bridgehead atoms. The minimum absolute atomic E-state index is 0.0330. The number of carbonyl (C=O) groups is 5. The summed E-state index contributed by atoms with van der Waals surface area (Å²) in [5.41, 5.74) is 6.11. The van der Waals surface area contributed by atoms with Crippen LogP contribution in [0.4, 0.5) is 14.4 Å². The molecule has 0 fully saturated rings. The molecule has 18 heteroatoms. The van der Waals surface area contributed by atoms with E-state index in [1.807, 2.05) is 122 Å². The molecule has 382 valence electrons. The third kappa shape index (κ3) is 15.9. The lowest BCUT2D eigenvalue weighted by Crippen LogP contribution is -2.41. The zero-order valence-corrected chi connectivity index (χ0v) is 43.5. The van der Waals surface area contributed by atoms with Gasteiger partial charge in [0.2, 0.25) is 5.78 Å². The first-order valence-corrected chi connectivity index (χ1v) is 24.3. The van der Waals surface area contributed by atoms with Crippen molar-refractivity contribution in [3.8, 4) is 0 Å². The van der Waals surface area contributed by atoms with Crippen molar-refractivity contribution in [3.63, 3.8) is 0 Å². The van der Waals surface area contributed by atoms with E-state index in [0.29, 0.717) is 56.1 Å². The molecule has 3 amide bonds. The zero-order valence-electron chi connectivity index (χ0n) is 42.7. The van der Waals surface area contributed by atoms with Gasteiger partial charge in [-0.15, -0.1) is 0 Å². The van der Waals surface area contributed by atoms with E-state index >= 15 is 0 Å². The molecule has 0 saturated heterocycles. The van der Waals surface area contributed by atoms with Crippen LogP contribution in [0.25, 0.3) is 0 Å². The minimum Gasteiger partial charge on any atom is -0.444 e. The molecule has 0 aromatic carbocycles. The lowest BCUT2D eigenvalue weighted by Gasteiger charge is -2.31. The van der Waals surface area contributed by atoms with Gasteiger partial charge in [0.15, 0.2) is 0 Å². The van der Waals surface area contributed by atoms with Gasteiger partial charge in [-0.1, -0.05) is 0 Å². The zero-order chi connectivity index (χ0) is 52.2. The second-order valence-electron chi connectivity index (χ2n) is 20.3. The van der Waals surface area contributed by atoms with Crippen molar-refractivity contribution in [2.75, 3.05) is 19.6 Å². The lowest BCUT2D eigenvalue weighted by atomic mass is 10.1. The van der Waals surface area contributed by atoms with Crippen LogP contribution >= 0.6 is 11.6 Å². The summed E-state index contributed by atoms with van der Waals surface area (Å²) >= 11 is 5.14. The summed E-state index contributed by atoms with van der Waals surface area (Å²) in [7, 11) is 0. The number of hydrogen-bond donors (Lipinski definition) is 0. The number of amides is 3. The van der Waals surface area contributed by atoms with Crippen LogP contribution in [0.1, 0.15) is 117 Å². The topological polar surface area (TPSA) is 176 Å². The molecule has 72 heavy (non-hydrogen) atoms. The average molecular weight is 1000 g/mol. The van der Waals surface area contributed by atoms with E-state index in [4.69, 9.17) is 25.8 Å². The van der Waals surface area contributed by atoms with Crippen molar-refractivity contribution in [2.24, 2.45) is 0 Å². The molecule has 0 unspecified atom stereocenters. The van der Waals surface area contributed by atoms with Crippen molar-refractivity contribution in [1.29, 1.82) is 0 Å². The molecule has 17 nitrogen and oxygen atoms in total. The molecule has 0 spiro atoms. The Kier molecular flexibility index (Phi) is 17.8. The number of nitrogens with zero attached hydrogens (tertiary/aromatic N) is 9. The maximum Gasteiger partial charge on any atom is 0.410 e. The maximum absolute atomic E-state index is 12.6. The van der Waals surface area contributed by atoms with E-state index in [-0.39, 0.29) is 24.1 Å². The SMILES string of the molecule is CC(C)(C)OC(=O)N1CCn2c(Cc3ccncc3)ccc2C1.CC(C)(C)OC(=O)N1CCn2c(ccc2C(=O)c2ccncc2)C1.CC(C)(C)OC(=O)N1CCn2cccc2C1.O=C(Cl)c1ccncc1. The number of aromatic nitrogens is 6. The van der Waals surface area contributed by atoms with Gasteiger partial charge in [0.05, 0.1) is 25.3 Å². The van der Waals surface area contributed by atoms with Gasteiger partial charge in [-0.25, -0.2) is 14.4 Å². The van der Waals surface area contributed by atoms with E-state index in [0.717, 1.165) is 43.1 Å². The number of hydrogen-bond acceptors (Lipinski definition) is 11. The number of ketones is 1. The van der Waals surface area contributed by atoms with Crippen molar-refractivity contribution < 1.29 is 38.2 Å². The molecule has 0 radical (unpaired) electrons. The van der Waals surface area contributed by atoms with Gasteiger partial charge >= 0.3 is 18.3 Å². The van der Waals surface area contributed by atoms with E-state index in [1.165, 1.54) is 23.7 Å². The predicted molar refractivity (Wildman–Crippen MR) is 272 cm³/mol. The van der Waals surface area contributed by atoms with Crippen LogP contribution in [0.5, 0.6) is 0 Å². The number of carbonyl (C=O) groups excluding carboxylic acids is 5. The lowest BCUT2D eigenvalue weighted by molar-refractivity contribution is 0.0188. The molecule has 6 aromatic rings. The molecule has 0 atom stereocenters. The maximum atomic E-state index is 12.6. The molecule has 3 aliphatic rings. The fourth-order valence-corrected chi connectivity index (χ4v) is 7.97. The van der Waals surface area contributed by atoms with Crippen molar-refractivity contribution >= 4 is 40.9 Å². The first kappa shape index (κ1) is 54.1. The molecular weight excluding hydrogens is 938 g/mol. The number of halogens is 1. The summed E-state index contributed by atoms with van der Waals surface area (Å²) in [5, 5.41) is -0.447. The Morgan fingerprint density at radius 2 is 0.931 bits per heavy atom. The average Bonchev–Trinajstić information content (AvgIpc) is 4.09. The van der Waals surface area contributed by atoms with Gasteiger partial charge in [-0.05, 0) is 152 Å². The Balaban J connectivity index is 0.000000165. The van der Waals surface area contributed by atoms with Crippen LogP contribution in [0.3, 0.4) is 0 Å². The number of ether oxygens (including phenoxy) is 3. The van der Waals surface area contributed by atoms with Crippen LogP contribution in [-0.2, 0) is 59.9 Å². The van der Waals surface area contributed by atoms with Gasteiger partial charge in [0.25, 0.3) is 5.24 Å². The van der Waals surface area contributed by atoms with Crippen LogP contribution in [0.15, 0.2) is 116 Å². The summed E-state index contributed by atoms with van der Waals surface area (Å²) in [4.78, 5) is 76.2. The Morgan fingerprint density at radius 1 is 0.500 bits per heavy atom. The third-order valence-corrected chi connectivity index (χ3v) is 11.4. The predicted octanol–water partition coefficient (Wildman–Crippen LogP) is 9.79. The Labute approximate surface area is 426 Å². The largest absolute Gasteiger partial charge is 0.444 e. The fourth-order valence-electron chi connectivity index (χ4n) is 7.84. The number of fused-ring (bicyclic) bond motifs is 3. The van der Waals surface area contributed by atoms with E-state index in [9.17, 15) is 24.0 Å². The van der Waals surface area contributed by atoms with Gasteiger partial charge in [0, 0.05) is 123 Å². The molecule has 9 heterocycles. The highest BCUT2D eigenvalue weighted by Gasteiger charge is 2.30. The molecule has 6 aromatic heterocycles. The van der Waals surface area contributed by atoms with Crippen LogP contribution < -0.4 is 0 Å². The van der Waals surface area contributed by atoms with E-state index in [1.54, 1.807) is 51.4 Å². The first-order valence-electron chi connectivity index (χ1n) is 23.9. The summed E-state index contributed by atoms with van der Waals surface area (Å²) in [6, 6.07) is 22.6. The number of pyridine rings is 3. The van der Waals surface area contributed by atoms with Crippen molar-refractivity contribution in [2.45, 2.75) is 125 Å². The van der Waals surface area contributed by atoms with Gasteiger partial charge in [0.1, 0.15) is 16.8 Å². The second kappa shape index (κ2) is 23.8. The minimum atomic E-state index is -0.515. The summed E-state index contributed by atoms with van der Waals surface area (Å²) < 4.78 is 22.7. The highest BCUT2D eigenvalue weighted by Crippen LogP contribution is 2.24. The monoisotopic (exact) mass is 1000 g/mol. The second-order valence-corrected chi connectivity index (χ2v) is 20.7. The van der Waals surface area contributed by atoms with Crippen molar-refractivity contribution in [1.82, 2.24) is 43.4 Å². The van der Waals surface area contributed by atoms with Gasteiger partial charge in [-0.3, -0.25) is 24.5 Å². The molecule has 3 aliphatic heterocycles. The van der Waals surface area contributed by atoms with Crippen LogP contribution in [0, 0.1) is 0 Å². The first-order chi connectivity index (χ1) is 34.0. The van der Waals surface area contributed by atoms with Crippen LogP contribution in [-0.4, -0.2) is 109 Å². The Morgan fingerprint density at radius 3 is 1.42 bits per heavy atom. The molecule has 9 rings (SSSR count). The Hall–Kier alpha value is -7.27. The molecule has 0 N–H and O–H groups in total. The third-order valence-electron chi connectivity index (χ3n) is 11.2. The standard InChI is InChI=1S/C18H21N3O3.C18H23N3O2.C12H18N2O2.C6H4ClNO/c1-18(2,3)24-17(23)20-10-11-21-14(12-20)4-5-15(21)16(22)13-6-8-19-9-7-13;1-18(2,3)23-17(22)20-10-11-21-15(4-5-16(21)13-20)12-14-6-8-19-9-7-14;1-12(2,3)16-11(15)14-8-7-13-6-4-5-10(13)9-14;7-6(9)5-1-3-8-4-2-5/h4-9H,10-12H2,1-3H3;4-9H,10-13H2,1-3H3;4-6H,7-9H2,1-3H3;1-4H. The summed E-state index contributed by atoms with van der Waals surface area (Å²) in [6.07, 6.45) is 12.0. The highest BCUT2D eigenvalue weighted by molar-refractivity contribution is 6.67. The quantitative estimate of drug-likeness (QED) is 0.0913. The summed E-state index contributed by atoms with van der Waals surface area (Å²) in [5.74, 6) is -0.0330. The van der Waals surface area contributed by atoms with Gasteiger partial charge in [-0.2, -0.15) is 0 Å². The molecule has 0 saturated carbocycles.